The highest BCUT2D eigenvalue weighted by Crippen LogP contribution is 2.24. The number of halogens is 2. The smallest absolute Gasteiger partial charge is 0.408 e. The number of ketones is 1. The third kappa shape index (κ3) is 14.6. The molecule has 2 aromatic carbocycles. The second kappa shape index (κ2) is 20.1. The fourth-order valence-electron chi connectivity index (χ4n) is 5.52. The third-order valence-electron chi connectivity index (χ3n) is 8.37. The van der Waals surface area contributed by atoms with E-state index in [1.165, 1.54) is 6.92 Å². The van der Waals surface area contributed by atoms with Crippen LogP contribution >= 0.6 is 0 Å². The van der Waals surface area contributed by atoms with Gasteiger partial charge in [-0.05, 0) is 63.5 Å². The van der Waals surface area contributed by atoms with Crippen molar-refractivity contribution in [2.75, 3.05) is 6.54 Å². The van der Waals surface area contributed by atoms with Gasteiger partial charge < -0.3 is 26.4 Å². The Morgan fingerprint density at radius 1 is 0.815 bits per heavy atom. The molecule has 298 valence electrons. The topological polar surface area (TPSA) is 177 Å². The summed E-state index contributed by atoms with van der Waals surface area (Å²) in [5.41, 5.74) is 7.35. The average molecular weight is 758 g/mol. The lowest BCUT2D eigenvalue weighted by molar-refractivity contribution is -0.161. The summed E-state index contributed by atoms with van der Waals surface area (Å²) < 4.78 is 37.8. The van der Waals surface area contributed by atoms with E-state index in [2.05, 4.69) is 16.0 Å². The van der Waals surface area contributed by atoms with E-state index >= 15 is 8.78 Å². The Labute approximate surface area is 317 Å². The van der Waals surface area contributed by atoms with Crippen molar-refractivity contribution in [2.24, 2.45) is 17.6 Å². The zero-order chi connectivity index (χ0) is 41.0. The van der Waals surface area contributed by atoms with Crippen LogP contribution in [-0.4, -0.2) is 82.6 Å². The summed E-state index contributed by atoms with van der Waals surface area (Å²) >= 11 is 0. The summed E-state index contributed by atoms with van der Waals surface area (Å²) in [6, 6.07) is 9.87. The number of nitrogens with zero attached hydrogens (tertiary/aromatic N) is 1. The number of Topliss-reactive ketones (excluding diaryl/α,β-unsaturated/α-hetero) is 1. The highest BCUT2D eigenvalue weighted by Gasteiger charge is 2.49. The van der Waals surface area contributed by atoms with Gasteiger partial charge in [0.2, 0.25) is 23.5 Å². The second-order valence-corrected chi connectivity index (χ2v) is 15.4. The van der Waals surface area contributed by atoms with Gasteiger partial charge in [-0.1, -0.05) is 94.8 Å². The largest absolute Gasteiger partial charge is 0.444 e. The predicted molar refractivity (Wildman–Crippen MR) is 201 cm³/mol. The molecule has 0 heterocycles. The standard InChI is InChI=1S/C40H57F2N5O7/c1-10-29(44-32(48)22-28-18-14-15-26(6)20-28)36(51)47(37(52)33(43)25(4)5)23-40(41,42)34(49)30(19-24(2)3)45-35(50)31(21-27-16-12-11-13-17-27)46-38(53)54-39(7,8)9/h11-18,20,24-25,29-31,33H,10,19,21-23,43H2,1-9H3,(H,44,48)(H,45,50)(H,46,53)/t29-,30?,31+,33+/m1/s1. The number of alkyl carbamates (subject to hydrolysis) is 1. The molecule has 5 N–H and O–H groups in total. The molecule has 0 spiro atoms. The van der Waals surface area contributed by atoms with Gasteiger partial charge >= 0.3 is 12.0 Å². The van der Waals surface area contributed by atoms with Crippen molar-refractivity contribution < 1.29 is 42.3 Å². The first-order valence-electron chi connectivity index (χ1n) is 18.3. The number of amides is 5. The highest BCUT2D eigenvalue weighted by molar-refractivity contribution is 6.03. The molecule has 0 fully saturated rings. The van der Waals surface area contributed by atoms with Crippen molar-refractivity contribution in [3.05, 3.63) is 71.3 Å². The van der Waals surface area contributed by atoms with E-state index < -0.39 is 83.7 Å². The predicted octanol–water partition coefficient (Wildman–Crippen LogP) is 4.64. The highest BCUT2D eigenvalue weighted by atomic mass is 19.3. The van der Waals surface area contributed by atoms with Crippen molar-refractivity contribution in [1.29, 1.82) is 0 Å². The summed E-state index contributed by atoms with van der Waals surface area (Å²) in [5.74, 6) is -10.9. The summed E-state index contributed by atoms with van der Waals surface area (Å²) in [4.78, 5) is 80.7. The lowest BCUT2D eigenvalue weighted by Gasteiger charge is -2.33. The van der Waals surface area contributed by atoms with Gasteiger partial charge in [0, 0.05) is 6.42 Å². The minimum atomic E-state index is -4.37. The minimum absolute atomic E-state index is 0.0528. The van der Waals surface area contributed by atoms with Gasteiger partial charge in [-0.25, -0.2) is 4.79 Å². The molecule has 0 saturated carbocycles. The zero-order valence-corrected chi connectivity index (χ0v) is 32.8. The normalized spacial score (nSPS) is 14.0. The van der Waals surface area contributed by atoms with Crippen molar-refractivity contribution in [2.45, 2.75) is 124 Å². The van der Waals surface area contributed by atoms with Gasteiger partial charge in [0.25, 0.3) is 5.91 Å². The fourth-order valence-corrected chi connectivity index (χ4v) is 5.52. The molecule has 14 heteroatoms. The minimum Gasteiger partial charge on any atom is -0.444 e. The Morgan fingerprint density at radius 2 is 1.43 bits per heavy atom. The van der Waals surface area contributed by atoms with Crippen LogP contribution in [0.25, 0.3) is 0 Å². The number of benzene rings is 2. The molecular formula is C40H57F2N5O7. The quantitative estimate of drug-likeness (QED) is 0.170. The van der Waals surface area contributed by atoms with E-state index in [1.807, 2.05) is 13.0 Å². The van der Waals surface area contributed by atoms with Crippen LogP contribution in [0.3, 0.4) is 0 Å². The first-order valence-corrected chi connectivity index (χ1v) is 18.3. The number of nitrogens with one attached hydrogen (secondary N) is 3. The van der Waals surface area contributed by atoms with Crippen LogP contribution in [0.1, 0.15) is 84.9 Å². The molecule has 0 radical (unpaired) electrons. The van der Waals surface area contributed by atoms with Gasteiger partial charge in [0.1, 0.15) is 24.2 Å². The van der Waals surface area contributed by atoms with Crippen LogP contribution in [0.2, 0.25) is 0 Å². The van der Waals surface area contributed by atoms with Crippen LogP contribution in [0.5, 0.6) is 0 Å². The molecular weight excluding hydrogens is 700 g/mol. The van der Waals surface area contributed by atoms with E-state index in [0.717, 1.165) is 5.56 Å². The molecule has 2 aromatic rings. The molecule has 1 unspecified atom stereocenters. The molecule has 0 aliphatic carbocycles. The Morgan fingerprint density at radius 3 is 1.96 bits per heavy atom. The number of hydrogen-bond donors (Lipinski definition) is 4. The van der Waals surface area contributed by atoms with Crippen LogP contribution < -0.4 is 21.7 Å². The number of imide groups is 1. The summed E-state index contributed by atoms with van der Waals surface area (Å²) in [5, 5.41) is 7.41. The first kappa shape index (κ1) is 45.4. The number of alkyl halides is 2. The van der Waals surface area contributed by atoms with Gasteiger partial charge in [0.15, 0.2) is 0 Å². The van der Waals surface area contributed by atoms with Gasteiger partial charge in [0.05, 0.1) is 18.5 Å². The van der Waals surface area contributed by atoms with Crippen molar-refractivity contribution >= 4 is 35.5 Å². The van der Waals surface area contributed by atoms with E-state index in [9.17, 15) is 28.8 Å². The summed E-state index contributed by atoms with van der Waals surface area (Å²) in [7, 11) is 0. The third-order valence-corrected chi connectivity index (χ3v) is 8.37. The molecule has 12 nitrogen and oxygen atoms in total. The maximum atomic E-state index is 16.2. The van der Waals surface area contributed by atoms with Gasteiger partial charge in [-0.3, -0.25) is 28.9 Å². The Bertz CT molecular complexity index is 1610. The fraction of sp³-hybridized carbons (Fsp3) is 0.550. The number of ether oxygens (including phenoxy) is 1. The van der Waals surface area contributed by atoms with E-state index in [0.29, 0.717) is 11.1 Å². The summed E-state index contributed by atoms with van der Waals surface area (Å²) in [6.07, 6.45) is -1.38. The van der Waals surface area contributed by atoms with Crippen LogP contribution in [0, 0.1) is 18.8 Å². The van der Waals surface area contributed by atoms with Crippen LogP contribution in [-0.2, 0) is 41.6 Å². The molecule has 0 saturated heterocycles. The number of aryl methyl sites for hydroxylation is 1. The number of rotatable bonds is 18. The average Bonchev–Trinajstić information content (AvgIpc) is 3.07. The molecule has 0 bridgehead atoms. The monoisotopic (exact) mass is 757 g/mol. The van der Waals surface area contributed by atoms with E-state index in [1.54, 1.807) is 97.0 Å². The maximum Gasteiger partial charge on any atom is 0.408 e. The molecule has 5 amide bonds. The van der Waals surface area contributed by atoms with E-state index in [4.69, 9.17) is 10.5 Å². The van der Waals surface area contributed by atoms with Gasteiger partial charge in [-0.2, -0.15) is 8.78 Å². The Kier molecular flexibility index (Phi) is 16.9. The summed E-state index contributed by atoms with van der Waals surface area (Å²) in [6.45, 7) is 13.1. The SMILES string of the molecule is CC[C@@H](NC(=O)Cc1cccc(C)c1)C(=O)N(CC(F)(F)C(=O)C(CC(C)C)NC(=O)[C@H](Cc1ccccc1)NC(=O)OC(C)(C)C)C(=O)[C@@H](N)C(C)C. The molecule has 0 aliphatic rings. The molecule has 54 heavy (non-hydrogen) atoms. The molecule has 4 atom stereocenters. The molecule has 2 rings (SSSR count). The first-order chi connectivity index (χ1) is 25.0. The molecule has 0 aliphatic heterocycles. The second-order valence-electron chi connectivity index (χ2n) is 15.4. The number of carbonyl (C=O) groups excluding carboxylic acids is 6. The zero-order valence-electron chi connectivity index (χ0n) is 32.8. The Balaban J connectivity index is 2.42. The maximum absolute atomic E-state index is 16.2. The van der Waals surface area contributed by atoms with Crippen LogP contribution in [0.15, 0.2) is 54.6 Å². The molecule has 0 aromatic heterocycles. The lowest BCUT2D eigenvalue weighted by atomic mass is 9.95. The number of nitrogens with two attached hydrogens (primary N) is 1. The van der Waals surface area contributed by atoms with E-state index in [-0.39, 0.29) is 36.5 Å². The number of hydrogen-bond acceptors (Lipinski definition) is 8. The van der Waals surface area contributed by atoms with Crippen LogP contribution in [0.4, 0.5) is 13.6 Å². The lowest BCUT2D eigenvalue weighted by Crippen LogP contribution is -2.61. The Hall–Kier alpha value is -4.72. The van der Waals surface area contributed by atoms with Crippen molar-refractivity contribution in [1.82, 2.24) is 20.9 Å². The van der Waals surface area contributed by atoms with Crippen molar-refractivity contribution in [3.63, 3.8) is 0 Å². The van der Waals surface area contributed by atoms with Crippen molar-refractivity contribution in [3.8, 4) is 0 Å². The number of carbonyl (C=O) groups is 6. The van der Waals surface area contributed by atoms with Gasteiger partial charge in [-0.15, -0.1) is 0 Å².